The molecule has 1 aliphatic heterocycles. The molecular formula is C19H22N4O3S. The van der Waals surface area contributed by atoms with Crippen LogP contribution in [0.5, 0.6) is 0 Å². The predicted octanol–water partition coefficient (Wildman–Crippen LogP) is 1.50. The molecule has 3 rings (SSSR count). The van der Waals surface area contributed by atoms with Crippen molar-refractivity contribution in [1.82, 2.24) is 10.0 Å². The van der Waals surface area contributed by atoms with Gasteiger partial charge in [0.25, 0.3) is 10.0 Å². The maximum absolute atomic E-state index is 12.1. The van der Waals surface area contributed by atoms with Gasteiger partial charge in [0.1, 0.15) is 5.84 Å². The van der Waals surface area contributed by atoms with E-state index in [0.29, 0.717) is 12.1 Å². The van der Waals surface area contributed by atoms with Crippen molar-refractivity contribution >= 4 is 27.5 Å². The minimum Gasteiger partial charge on any atom is -0.378 e. The highest BCUT2D eigenvalue weighted by Crippen LogP contribution is 2.22. The average molecular weight is 386 g/mol. The first-order valence-electron chi connectivity index (χ1n) is 8.56. The molecule has 1 aliphatic rings. The van der Waals surface area contributed by atoms with E-state index in [1.165, 1.54) is 6.07 Å². The summed E-state index contributed by atoms with van der Waals surface area (Å²) in [5.74, 6) is 0.154. The lowest BCUT2D eigenvalue weighted by atomic mass is 10.2. The zero-order valence-electron chi connectivity index (χ0n) is 15.3. The summed E-state index contributed by atoms with van der Waals surface area (Å²) in [5.41, 5.74) is 2.62. The lowest BCUT2D eigenvalue weighted by Crippen LogP contribution is -2.25. The number of anilines is 1. The van der Waals surface area contributed by atoms with Gasteiger partial charge < -0.3 is 10.2 Å². The summed E-state index contributed by atoms with van der Waals surface area (Å²) >= 11 is 0. The number of amidine groups is 1. The van der Waals surface area contributed by atoms with E-state index in [1.807, 2.05) is 43.3 Å². The number of sulfonamides is 1. The number of nitrogens with zero attached hydrogens (tertiary/aromatic N) is 2. The Balaban J connectivity index is 1.55. The number of benzene rings is 2. The molecule has 0 saturated heterocycles. The van der Waals surface area contributed by atoms with Gasteiger partial charge in [0.2, 0.25) is 5.91 Å². The summed E-state index contributed by atoms with van der Waals surface area (Å²) in [6, 6.07) is 14.6. The molecule has 0 fully saturated rings. The monoisotopic (exact) mass is 386 g/mol. The van der Waals surface area contributed by atoms with Crippen molar-refractivity contribution in [2.45, 2.75) is 17.9 Å². The minimum absolute atomic E-state index is 0.135. The maximum atomic E-state index is 12.1. The molecule has 0 atom stereocenters. The number of amides is 1. The fraction of sp³-hybridized carbons (Fsp3) is 0.263. The molecule has 2 aromatic rings. The molecule has 1 heterocycles. The third-order valence-electron chi connectivity index (χ3n) is 4.19. The van der Waals surface area contributed by atoms with E-state index < -0.39 is 10.0 Å². The van der Waals surface area contributed by atoms with E-state index in [4.69, 9.17) is 0 Å². The van der Waals surface area contributed by atoms with E-state index in [9.17, 15) is 13.2 Å². The van der Waals surface area contributed by atoms with Gasteiger partial charge in [-0.3, -0.25) is 14.5 Å². The molecule has 7 nitrogen and oxygen atoms in total. The molecule has 2 aromatic carbocycles. The topological polar surface area (TPSA) is 90.9 Å². The molecule has 2 N–H and O–H groups in total. The fourth-order valence-electron chi connectivity index (χ4n) is 2.75. The van der Waals surface area contributed by atoms with Crippen LogP contribution in [0.15, 0.2) is 58.4 Å². The van der Waals surface area contributed by atoms with E-state index in [0.717, 1.165) is 11.3 Å². The Morgan fingerprint density at radius 1 is 1.15 bits per heavy atom. The third kappa shape index (κ3) is 4.46. The van der Waals surface area contributed by atoms with Gasteiger partial charge in [0, 0.05) is 38.3 Å². The normalized spacial score (nSPS) is 15.9. The zero-order chi connectivity index (χ0) is 19.4. The van der Waals surface area contributed by atoms with Crippen LogP contribution in [0.2, 0.25) is 0 Å². The van der Waals surface area contributed by atoms with Crippen molar-refractivity contribution in [3.63, 3.8) is 0 Å². The smallest absolute Gasteiger partial charge is 0.263 e. The molecule has 1 amide bonds. The number of rotatable bonds is 6. The van der Waals surface area contributed by atoms with Gasteiger partial charge in [-0.25, -0.2) is 8.42 Å². The Hall–Kier alpha value is -2.87. The van der Waals surface area contributed by atoms with E-state index in [1.54, 1.807) is 18.2 Å². The van der Waals surface area contributed by atoms with E-state index in [2.05, 4.69) is 15.0 Å². The highest BCUT2D eigenvalue weighted by atomic mass is 32.2. The van der Waals surface area contributed by atoms with Crippen molar-refractivity contribution in [1.29, 1.82) is 0 Å². The van der Waals surface area contributed by atoms with Crippen LogP contribution in [0.3, 0.4) is 0 Å². The first-order valence-corrected chi connectivity index (χ1v) is 10.0. The number of hydrogen-bond donors (Lipinski definition) is 2. The molecule has 0 radical (unpaired) electrons. The number of hydrogen-bond acceptors (Lipinski definition) is 5. The largest absolute Gasteiger partial charge is 0.378 e. The van der Waals surface area contributed by atoms with Crippen LogP contribution in [0.25, 0.3) is 0 Å². The van der Waals surface area contributed by atoms with Crippen LogP contribution in [0.1, 0.15) is 17.5 Å². The molecule has 0 saturated carbocycles. The Morgan fingerprint density at radius 2 is 1.93 bits per heavy atom. The van der Waals surface area contributed by atoms with Crippen molar-refractivity contribution in [3.8, 4) is 0 Å². The third-order valence-corrected chi connectivity index (χ3v) is 5.59. The molecule has 0 bridgehead atoms. The number of aliphatic imine (C=N–C) groups is 1. The Kier molecular flexibility index (Phi) is 5.46. The lowest BCUT2D eigenvalue weighted by molar-refractivity contribution is -0.121. The van der Waals surface area contributed by atoms with E-state index >= 15 is 0 Å². The van der Waals surface area contributed by atoms with Crippen molar-refractivity contribution in [3.05, 3.63) is 59.7 Å². The van der Waals surface area contributed by atoms with Crippen molar-refractivity contribution < 1.29 is 13.2 Å². The van der Waals surface area contributed by atoms with Gasteiger partial charge in [0.05, 0.1) is 11.4 Å². The highest BCUT2D eigenvalue weighted by Gasteiger charge is 2.29. The Labute approximate surface area is 159 Å². The molecule has 142 valence electrons. The van der Waals surface area contributed by atoms with Gasteiger partial charge in [0.15, 0.2) is 0 Å². The summed E-state index contributed by atoms with van der Waals surface area (Å²) in [5, 5.41) is 2.86. The molecule has 8 heteroatoms. The van der Waals surface area contributed by atoms with Crippen LogP contribution in [-0.4, -0.2) is 40.8 Å². The highest BCUT2D eigenvalue weighted by molar-refractivity contribution is 7.90. The Bertz CT molecular complexity index is 984. The van der Waals surface area contributed by atoms with Gasteiger partial charge >= 0.3 is 0 Å². The molecule has 0 aromatic heterocycles. The number of nitrogens with one attached hydrogen (secondary N) is 2. The van der Waals surface area contributed by atoms with Gasteiger partial charge in [-0.15, -0.1) is 0 Å². The minimum atomic E-state index is -3.55. The second-order valence-corrected chi connectivity index (χ2v) is 8.07. The first-order chi connectivity index (χ1) is 12.9. The van der Waals surface area contributed by atoms with Crippen molar-refractivity contribution in [2.75, 3.05) is 25.5 Å². The molecule has 27 heavy (non-hydrogen) atoms. The molecule has 0 spiro atoms. The van der Waals surface area contributed by atoms with Crippen LogP contribution in [0, 0.1) is 0 Å². The van der Waals surface area contributed by atoms with E-state index in [-0.39, 0.29) is 29.6 Å². The van der Waals surface area contributed by atoms with Crippen molar-refractivity contribution in [2.24, 2.45) is 4.99 Å². The molecular weight excluding hydrogens is 364 g/mol. The van der Waals surface area contributed by atoms with Crippen LogP contribution >= 0.6 is 0 Å². The summed E-state index contributed by atoms with van der Waals surface area (Å²) in [4.78, 5) is 18.5. The Morgan fingerprint density at radius 3 is 2.70 bits per heavy atom. The SMILES string of the molecule is CN(C)c1cccc(CNC(=O)CCN=C2NS(=O)(=O)c3ccccc32)c1. The summed E-state index contributed by atoms with van der Waals surface area (Å²) < 4.78 is 26.5. The quantitative estimate of drug-likeness (QED) is 0.787. The van der Waals surface area contributed by atoms with Crippen LogP contribution in [-0.2, 0) is 21.4 Å². The van der Waals surface area contributed by atoms with Crippen LogP contribution < -0.4 is 14.9 Å². The fourth-order valence-corrected chi connectivity index (χ4v) is 4.01. The summed E-state index contributed by atoms with van der Waals surface area (Å²) in [7, 11) is 0.381. The van der Waals surface area contributed by atoms with Gasteiger partial charge in [-0.05, 0) is 29.8 Å². The average Bonchev–Trinajstić information content (AvgIpc) is 2.91. The first kappa shape index (κ1) is 18.9. The number of carbonyl (C=O) groups is 1. The summed E-state index contributed by atoms with van der Waals surface area (Å²) in [6.45, 7) is 0.641. The molecule has 0 aliphatic carbocycles. The molecule has 0 unspecified atom stereocenters. The van der Waals surface area contributed by atoms with Gasteiger partial charge in [-0.2, -0.15) is 0 Å². The maximum Gasteiger partial charge on any atom is 0.263 e. The lowest BCUT2D eigenvalue weighted by Gasteiger charge is -2.13. The zero-order valence-corrected chi connectivity index (χ0v) is 16.1. The van der Waals surface area contributed by atoms with Crippen LogP contribution in [0.4, 0.5) is 5.69 Å². The second-order valence-electron chi connectivity index (χ2n) is 6.42. The summed E-state index contributed by atoms with van der Waals surface area (Å²) in [6.07, 6.45) is 0.181. The standard InChI is InChI=1S/C19H22N4O3S/c1-23(2)15-7-5-6-14(12-15)13-21-18(24)10-11-20-19-16-8-3-4-9-17(16)27(25,26)22-19/h3-9,12H,10-11,13H2,1-2H3,(H,20,22)(H,21,24). The number of carbonyl (C=O) groups excluding carboxylic acids is 1. The van der Waals surface area contributed by atoms with Gasteiger partial charge in [-0.1, -0.05) is 24.3 Å². The number of fused-ring (bicyclic) bond motifs is 1. The predicted molar refractivity (Wildman–Crippen MR) is 105 cm³/mol. The second kappa shape index (κ2) is 7.79.